The van der Waals surface area contributed by atoms with Gasteiger partial charge in [-0.3, -0.25) is 14.9 Å². The Kier molecular flexibility index (Phi) is 6.35. The molecule has 1 amide bonds. The van der Waals surface area contributed by atoms with Gasteiger partial charge in [0.1, 0.15) is 11.5 Å². The van der Waals surface area contributed by atoms with Crippen molar-refractivity contribution in [3.63, 3.8) is 0 Å². The van der Waals surface area contributed by atoms with Gasteiger partial charge in [0, 0.05) is 18.6 Å². The minimum Gasteiger partial charge on any atom is -0.497 e. The van der Waals surface area contributed by atoms with Gasteiger partial charge in [0.05, 0.1) is 35.5 Å². The van der Waals surface area contributed by atoms with Gasteiger partial charge in [-0.2, -0.15) is 0 Å². The Morgan fingerprint density at radius 1 is 1.11 bits per heavy atom. The maximum absolute atomic E-state index is 12.3. The van der Waals surface area contributed by atoms with E-state index in [0.717, 1.165) is 6.07 Å². The number of benzene rings is 2. The molecule has 0 saturated heterocycles. The lowest BCUT2D eigenvalue weighted by atomic mass is 10.2. The van der Waals surface area contributed by atoms with Gasteiger partial charge in [-0.1, -0.05) is 0 Å². The Morgan fingerprint density at radius 3 is 2.33 bits per heavy atom. The number of nitrogens with zero attached hydrogens (tertiary/aromatic N) is 1. The van der Waals surface area contributed by atoms with Crippen molar-refractivity contribution in [1.82, 2.24) is 0 Å². The minimum atomic E-state index is -3.67. The van der Waals surface area contributed by atoms with Gasteiger partial charge in [0.25, 0.3) is 5.69 Å². The number of nitro benzene ring substituents is 1. The highest BCUT2D eigenvalue weighted by molar-refractivity contribution is 7.91. The van der Waals surface area contributed by atoms with E-state index in [1.807, 2.05) is 0 Å². The summed E-state index contributed by atoms with van der Waals surface area (Å²) >= 11 is 0. The van der Waals surface area contributed by atoms with E-state index in [4.69, 9.17) is 9.47 Å². The van der Waals surface area contributed by atoms with E-state index in [2.05, 4.69) is 5.32 Å². The van der Waals surface area contributed by atoms with Gasteiger partial charge in [-0.05, 0) is 30.3 Å². The fourth-order valence-electron chi connectivity index (χ4n) is 2.25. The zero-order valence-corrected chi connectivity index (χ0v) is 15.5. The van der Waals surface area contributed by atoms with Gasteiger partial charge in [-0.25, -0.2) is 8.42 Å². The Balaban J connectivity index is 2.07. The van der Waals surface area contributed by atoms with E-state index < -0.39 is 26.4 Å². The third kappa shape index (κ3) is 5.17. The molecule has 9 nitrogen and oxygen atoms in total. The summed E-state index contributed by atoms with van der Waals surface area (Å²) in [4.78, 5) is 22.4. The quantitative estimate of drug-likeness (QED) is 0.538. The Morgan fingerprint density at radius 2 is 1.78 bits per heavy atom. The second-order valence-corrected chi connectivity index (χ2v) is 7.54. The summed E-state index contributed by atoms with van der Waals surface area (Å²) in [6.07, 6.45) is -0.319. The lowest BCUT2D eigenvalue weighted by molar-refractivity contribution is -0.384. The molecule has 144 valence electrons. The fraction of sp³-hybridized carbons (Fsp3) is 0.235. The number of rotatable bonds is 8. The molecule has 0 atom stereocenters. The first-order valence-electron chi connectivity index (χ1n) is 7.76. The smallest absolute Gasteiger partial charge is 0.271 e. The van der Waals surface area contributed by atoms with Crippen LogP contribution in [0.4, 0.5) is 11.4 Å². The van der Waals surface area contributed by atoms with Crippen LogP contribution in [0.15, 0.2) is 47.4 Å². The zero-order valence-electron chi connectivity index (χ0n) is 14.7. The number of non-ortho nitro benzene ring substituents is 1. The molecular weight excluding hydrogens is 376 g/mol. The average molecular weight is 394 g/mol. The van der Waals surface area contributed by atoms with Crippen LogP contribution in [0.25, 0.3) is 0 Å². The maximum atomic E-state index is 12.3. The topological polar surface area (TPSA) is 125 Å². The molecule has 2 aromatic carbocycles. The van der Waals surface area contributed by atoms with Crippen molar-refractivity contribution < 1.29 is 27.6 Å². The van der Waals surface area contributed by atoms with Crippen LogP contribution in [0, 0.1) is 10.1 Å². The summed E-state index contributed by atoms with van der Waals surface area (Å²) in [5.41, 5.74) is -0.129. The number of nitrogens with one attached hydrogen (secondary N) is 1. The predicted octanol–water partition coefficient (Wildman–Crippen LogP) is 2.41. The molecule has 0 fully saturated rings. The van der Waals surface area contributed by atoms with Crippen molar-refractivity contribution in [2.24, 2.45) is 0 Å². The van der Waals surface area contributed by atoms with Gasteiger partial charge in [0.15, 0.2) is 9.84 Å². The molecular formula is C17H18N2O7S. The minimum absolute atomic E-state index is 0.0732. The van der Waals surface area contributed by atoms with Crippen LogP contribution in [0.2, 0.25) is 0 Å². The molecule has 0 bridgehead atoms. The van der Waals surface area contributed by atoms with Crippen LogP contribution < -0.4 is 14.8 Å². The van der Waals surface area contributed by atoms with Crippen molar-refractivity contribution in [3.8, 4) is 11.5 Å². The summed E-state index contributed by atoms with van der Waals surface area (Å²) in [7, 11) is -0.845. The van der Waals surface area contributed by atoms with E-state index in [9.17, 15) is 23.3 Å². The highest BCUT2D eigenvalue weighted by Gasteiger charge is 2.18. The average Bonchev–Trinajstić information content (AvgIpc) is 2.66. The fourth-order valence-corrected chi connectivity index (χ4v) is 3.49. The van der Waals surface area contributed by atoms with E-state index in [-0.39, 0.29) is 28.4 Å². The monoisotopic (exact) mass is 394 g/mol. The Hall–Kier alpha value is -3.14. The molecule has 0 heterocycles. The lowest BCUT2D eigenvalue weighted by Gasteiger charge is -2.10. The molecule has 0 aliphatic carbocycles. The number of sulfone groups is 1. The molecule has 2 rings (SSSR count). The molecule has 0 spiro atoms. The number of anilines is 1. The Bertz CT molecular complexity index is 940. The van der Waals surface area contributed by atoms with Crippen molar-refractivity contribution >= 4 is 27.1 Å². The first-order chi connectivity index (χ1) is 12.8. The maximum Gasteiger partial charge on any atom is 0.271 e. The number of nitro groups is 1. The number of amides is 1. The van der Waals surface area contributed by atoms with Crippen LogP contribution >= 0.6 is 0 Å². The number of ether oxygens (including phenoxy) is 2. The predicted molar refractivity (Wildman–Crippen MR) is 97.9 cm³/mol. The number of carbonyl (C=O) groups excluding carboxylic acids is 1. The molecule has 0 radical (unpaired) electrons. The molecule has 1 N–H and O–H groups in total. The summed E-state index contributed by atoms with van der Waals surface area (Å²) in [6.45, 7) is 0. The summed E-state index contributed by atoms with van der Waals surface area (Å²) in [5.74, 6) is -0.273. The SMILES string of the molecule is COc1ccc(S(=O)(=O)CCC(=O)Nc2cc([N+](=O)[O-])ccc2OC)cc1. The first kappa shape index (κ1) is 20.2. The summed E-state index contributed by atoms with van der Waals surface area (Å²) in [6, 6.07) is 9.56. The van der Waals surface area contributed by atoms with Crippen LogP contribution in [0.1, 0.15) is 6.42 Å². The third-order valence-corrected chi connectivity index (χ3v) is 5.42. The van der Waals surface area contributed by atoms with Crippen molar-refractivity contribution in [1.29, 1.82) is 0 Å². The molecule has 2 aromatic rings. The van der Waals surface area contributed by atoms with Crippen LogP contribution in [0.5, 0.6) is 11.5 Å². The number of methoxy groups -OCH3 is 2. The highest BCUT2D eigenvalue weighted by atomic mass is 32.2. The van der Waals surface area contributed by atoms with E-state index in [0.29, 0.717) is 5.75 Å². The van der Waals surface area contributed by atoms with Gasteiger partial charge >= 0.3 is 0 Å². The number of carbonyl (C=O) groups is 1. The molecule has 27 heavy (non-hydrogen) atoms. The molecule has 0 unspecified atom stereocenters. The lowest BCUT2D eigenvalue weighted by Crippen LogP contribution is -2.18. The van der Waals surface area contributed by atoms with Crippen molar-refractivity contribution in [2.75, 3.05) is 25.3 Å². The Labute approximate surface area is 156 Å². The second kappa shape index (κ2) is 8.49. The van der Waals surface area contributed by atoms with E-state index in [1.54, 1.807) is 0 Å². The van der Waals surface area contributed by atoms with E-state index in [1.165, 1.54) is 50.6 Å². The van der Waals surface area contributed by atoms with Gasteiger partial charge < -0.3 is 14.8 Å². The van der Waals surface area contributed by atoms with Crippen LogP contribution in [-0.2, 0) is 14.6 Å². The van der Waals surface area contributed by atoms with Crippen LogP contribution in [-0.4, -0.2) is 39.2 Å². The normalized spacial score (nSPS) is 10.9. The van der Waals surface area contributed by atoms with Crippen molar-refractivity contribution in [3.05, 3.63) is 52.6 Å². The van der Waals surface area contributed by atoms with Crippen molar-refractivity contribution in [2.45, 2.75) is 11.3 Å². The molecule has 0 saturated carbocycles. The summed E-state index contributed by atoms with van der Waals surface area (Å²) in [5, 5.41) is 13.3. The first-order valence-corrected chi connectivity index (χ1v) is 9.41. The van der Waals surface area contributed by atoms with Gasteiger partial charge in [-0.15, -0.1) is 0 Å². The standard InChI is InChI=1S/C17H18N2O7S/c1-25-13-4-6-14(7-5-13)27(23,24)10-9-17(20)18-15-11-12(19(21)22)3-8-16(15)26-2/h3-8,11H,9-10H2,1-2H3,(H,18,20). The second-order valence-electron chi connectivity index (χ2n) is 5.43. The third-order valence-electron chi connectivity index (χ3n) is 3.68. The van der Waals surface area contributed by atoms with Gasteiger partial charge in [0.2, 0.25) is 5.91 Å². The molecule has 0 aliphatic heterocycles. The number of hydrogen-bond donors (Lipinski definition) is 1. The molecule has 0 aromatic heterocycles. The molecule has 10 heteroatoms. The molecule has 0 aliphatic rings. The van der Waals surface area contributed by atoms with Crippen LogP contribution in [0.3, 0.4) is 0 Å². The largest absolute Gasteiger partial charge is 0.497 e. The zero-order chi connectivity index (χ0) is 20.0. The highest BCUT2D eigenvalue weighted by Crippen LogP contribution is 2.29. The summed E-state index contributed by atoms with van der Waals surface area (Å²) < 4.78 is 34.7. The van der Waals surface area contributed by atoms with E-state index >= 15 is 0 Å². The number of hydrogen-bond acceptors (Lipinski definition) is 7.